The summed E-state index contributed by atoms with van der Waals surface area (Å²) in [7, 11) is 0. The molecule has 0 saturated carbocycles. The molecule has 96 valence electrons. The van der Waals surface area contributed by atoms with Crippen LogP contribution in [0.25, 0.3) is 27.9 Å². The summed E-state index contributed by atoms with van der Waals surface area (Å²) in [6.07, 6.45) is 0. The molecule has 0 aliphatic carbocycles. The van der Waals surface area contributed by atoms with Crippen molar-refractivity contribution in [3.05, 3.63) is 65.1 Å². The summed E-state index contributed by atoms with van der Waals surface area (Å²) in [4.78, 5) is 16.6. The van der Waals surface area contributed by atoms with Gasteiger partial charge in [-0.25, -0.2) is 19.3 Å². The lowest BCUT2D eigenvalue weighted by atomic mass is 10.1. The summed E-state index contributed by atoms with van der Waals surface area (Å²) < 4.78 is 1.56. The summed E-state index contributed by atoms with van der Waals surface area (Å²) in [5, 5.41) is 6.60. The number of H-pyrrole nitrogens is 1. The first-order valence-corrected chi connectivity index (χ1v) is 6.26. The van der Waals surface area contributed by atoms with Crippen molar-refractivity contribution in [2.45, 2.75) is 0 Å². The van der Waals surface area contributed by atoms with E-state index in [0.717, 1.165) is 16.6 Å². The van der Waals surface area contributed by atoms with Gasteiger partial charge in [0, 0.05) is 5.56 Å². The smallest absolute Gasteiger partial charge is 0.246 e. The van der Waals surface area contributed by atoms with Crippen LogP contribution in [-0.2, 0) is 0 Å². The van der Waals surface area contributed by atoms with E-state index in [-0.39, 0.29) is 5.69 Å². The van der Waals surface area contributed by atoms with Crippen LogP contribution in [0.4, 0.5) is 0 Å². The number of nitrogens with zero attached hydrogens (tertiary/aromatic N) is 3. The minimum atomic E-state index is -0.254. The SMILES string of the molecule is O=c1[nH]nc2c(-c3ccccc3)nc3ccccc3n12. The normalized spacial score (nSPS) is 11.2. The molecular formula is C15H10N4O. The molecule has 0 aliphatic heterocycles. The van der Waals surface area contributed by atoms with Crippen LogP contribution in [0, 0.1) is 0 Å². The maximum absolute atomic E-state index is 12.0. The zero-order valence-corrected chi connectivity index (χ0v) is 10.4. The van der Waals surface area contributed by atoms with Crippen molar-refractivity contribution < 1.29 is 0 Å². The number of nitrogens with one attached hydrogen (secondary N) is 1. The Morgan fingerprint density at radius 1 is 0.950 bits per heavy atom. The van der Waals surface area contributed by atoms with Crippen LogP contribution in [0.3, 0.4) is 0 Å². The molecule has 4 rings (SSSR count). The Bertz CT molecular complexity index is 969. The van der Waals surface area contributed by atoms with Crippen LogP contribution < -0.4 is 5.69 Å². The third kappa shape index (κ3) is 1.46. The molecule has 2 heterocycles. The number of benzene rings is 2. The van der Waals surface area contributed by atoms with E-state index in [1.165, 1.54) is 0 Å². The predicted octanol–water partition coefficient (Wildman–Crippen LogP) is 2.24. The van der Waals surface area contributed by atoms with Crippen LogP contribution in [0.2, 0.25) is 0 Å². The summed E-state index contributed by atoms with van der Waals surface area (Å²) in [5.41, 5.74) is 3.43. The van der Waals surface area contributed by atoms with E-state index in [0.29, 0.717) is 11.3 Å². The van der Waals surface area contributed by atoms with E-state index in [1.807, 2.05) is 54.6 Å². The first-order chi connectivity index (χ1) is 9.84. The Labute approximate surface area is 113 Å². The van der Waals surface area contributed by atoms with Crippen LogP contribution in [0.15, 0.2) is 59.4 Å². The maximum Gasteiger partial charge on any atom is 0.348 e. The summed E-state index contributed by atoms with van der Waals surface area (Å²) in [6.45, 7) is 0. The number of hydrogen-bond acceptors (Lipinski definition) is 3. The van der Waals surface area contributed by atoms with Gasteiger partial charge in [-0.3, -0.25) is 0 Å². The van der Waals surface area contributed by atoms with Crippen LogP contribution in [0.5, 0.6) is 0 Å². The number of aromatic nitrogens is 4. The molecule has 0 fully saturated rings. The van der Waals surface area contributed by atoms with Gasteiger partial charge in [-0.2, -0.15) is 5.10 Å². The number of rotatable bonds is 1. The van der Waals surface area contributed by atoms with Gasteiger partial charge in [-0.15, -0.1) is 0 Å². The van der Waals surface area contributed by atoms with Gasteiger partial charge >= 0.3 is 5.69 Å². The average molecular weight is 262 g/mol. The van der Waals surface area contributed by atoms with Gasteiger partial charge in [0.15, 0.2) is 5.65 Å². The highest BCUT2D eigenvalue weighted by molar-refractivity contribution is 5.85. The Morgan fingerprint density at radius 3 is 2.55 bits per heavy atom. The van der Waals surface area contributed by atoms with Crippen molar-refractivity contribution in [1.82, 2.24) is 19.6 Å². The van der Waals surface area contributed by atoms with E-state index in [4.69, 9.17) is 0 Å². The molecule has 0 saturated heterocycles. The zero-order chi connectivity index (χ0) is 13.5. The van der Waals surface area contributed by atoms with Crippen molar-refractivity contribution >= 4 is 16.7 Å². The van der Waals surface area contributed by atoms with Crippen molar-refractivity contribution in [1.29, 1.82) is 0 Å². The average Bonchev–Trinajstić information content (AvgIpc) is 2.90. The van der Waals surface area contributed by atoms with Crippen molar-refractivity contribution in [3.63, 3.8) is 0 Å². The standard InChI is InChI=1S/C15H10N4O/c20-15-18-17-14-13(10-6-2-1-3-7-10)16-11-8-4-5-9-12(11)19(14)15/h1-9H,(H,18,20). The molecule has 2 aromatic carbocycles. The van der Waals surface area contributed by atoms with E-state index in [2.05, 4.69) is 15.2 Å². The van der Waals surface area contributed by atoms with Gasteiger partial charge in [0.25, 0.3) is 0 Å². The second-order valence-electron chi connectivity index (χ2n) is 4.50. The van der Waals surface area contributed by atoms with Crippen LogP contribution in [-0.4, -0.2) is 19.6 Å². The molecular weight excluding hydrogens is 252 g/mol. The van der Waals surface area contributed by atoms with Gasteiger partial charge in [-0.1, -0.05) is 42.5 Å². The molecule has 5 nitrogen and oxygen atoms in total. The van der Waals surface area contributed by atoms with Gasteiger partial charge < -0.3 is 0 Å². The fourth-order valence-electron chi connectivity index (χ4n) is 2.39. The lowest BCUT2D eigenvalue weighted by molar-refractivity contribution is 1.04. The molecule has 20 heavy (non-hydrogen) atoms. The third-order valence-corrected chi connectivity index (χ3v) is 3.29. The van der Waals surface area contributed by atoms with E-state index < -0.39 is 0 Å². The van der Waals surface area contributed by atoms with E-state index >= 15 is 0 Å². The van der Waals surface area contributed by atoms with Gasteiger partial charge in [-0.05, 0) is 12.1 Å². The molecule has 5 heteroatoms. The lowest BCUT2D eigenvalue weighted by Gasteiger charge is -2.05. The minimum absolute atomic E-state index is 0.254. The lowest BCUT2D eigenvalue weighted by Crippen LogP contribution is -2.11. The van der Waals surface area contributed by atoms with E-state index in [1.54, 1.807) is 4.40 Å². The number of aromatic amines is 1. The quantitative estimate of drug-likeness (QED) is 0.572. The summed E-state index contributed by atoms with van der Waals surface area (Å²) in [6, 6.07) is 17.3. The largest absolute Gasteiger partial charge is 0.348 e. The Balaban J connectivity index is 2.23. The summed E-state index contributed by atoms with van der Waals surface area (Å²) >= 11 is 0. The van der Waals surface area contributed by atoms with Gasteiger partial charge in [0.2, 0.25) is 0 Å². The molecule has 0 unspecified atom stereocenters. The molecule has 0 spiro atoms. The molecule has 1 N–H and O–H groups in total. The van der Waals surface area contributed by atoms with Crippen molar-refractivity contribution in [3.8, 4) is 11.3 Å². The van der Waals surface area contributed by atoms with Crippen LogP contribution >= 0.6 is 0 Å². The highest BCUT2D eigenvalue weighted by Gasteiger charge is 2.13. The first kappa shape index (κ1) is 10.9. The zero-order valence-electron chi connectivity index (χ0n) is 10.4. The predicted molar refractivity (Wildman–Crippen MR) is 76.5 cm³/mol. The Morgan fingerprint density at radius 2 is 1.70 bits per heavy atom. The third-order valence-electron chi connectivity index (χ3n) is 3.29. The highest BCUT2D eigenvalue weighted by Crippen LogP contribution is 2.23. The number of hydrogen-bond donors (Lipinski definition) is 1. The second kappa shape index (κ2) is 4.03. The molecule has 0 bridgehead atoms. The molecule has 0 amide bonds. The molecule has 4 aromatic rings. The minimum Gasteiger partial charge on any atom is -0.246 e. The topological polar surface area (TPSA) is 63.0 Å². The Hall–Kier alpha value is -2.95. The van der Waals surface area contributed by atoms with Gasteiger partial charge in [0.05, 0.1) is 11.0 Å². The van der Waals surface area contributed by atoms with Crippen LogP contribution in [0.1, 0.15) is 0 Å². The first-order valence-electron chi connectivity index (χ1n) is 6.26. The molecule has 2 aromatic heterocycles. The Kier molecular flexibility index (Phi) is 2.20. The van der Waals surface area contributed by atoms with Gasteiger partial charge in [0.1, 0.15) is 5.69 Å². The number of para-hydroxylation sites is 2. The molecule has 0 radical (unpaired) electrons. The fraction of sp³-hybridized carbons (Fsp3) is 0. The maximum atomic E-state index is 12.0. The molecule has 0 atom stereocenters. The molecule has 0 aliphatic rings. The summed E-state index contributed by atoms with van der Waals surface area (Å²) in [5.74, 6) is 0. The number of fused-ring (bicyclic) bond motifs is 3. The highest BCUT2D eigenvalue weighted by atomic mass is 16.1. The second-order valence-corrected chi connectivity index (χ2v) is 4.50. The monoisotopic (exact) mass is 262 g/mol. The van der Waals surface area contributed by atoms with E-state index in [9.17, 15) is 4.79 Å². The fourth-order valence-corrected chi connectivity index (χ4v) is 2.39. The van der Waals surface area contributed by atoms with Crippen molar-refractivity contribution in [2.24, 2.45) is 0 Å². The van der Waals surface area contributed by atoms with Crippen molar-refractivity contribution in [2.75, 3.05) is 0 Å².